The highest BCUT2D eigenvalue weighted by molar-refractivity contribution is 7.90. The molecular formula is C13H14F3N3O5S. The number of sulfone groups is 1. The van der Waals surface area contributed by atoms with Crippen molar-refractivity contribution < 1.29 is 31.3 Å². The van der Waals surface area contributed by atoms with Crippen molar-refractivity contribution in [1.29, 1.82) is 0 Å². The number of anilines is 1. The molecule has 1 aliphatic rings. The number of nitrogens with zero attached hydrogens (tertiary/aromatic N) is 2. The minimum absolute atomic E-state index is 0.167. The summed E-state index contributed by atoms with van der Waals surface area (Å²) in [5.74, 6) is -0.739. The molecule has 1 atom stereocenters. The van der Waals surface area contributed by atoms with E-state index in [-0.39, 0.29) is 18.7 Å². The van der Waals surface area contributed by atoms with Crippen LogP contribution in [0.4, 0.5) is 24.5 Å². The Kier molecular flexibility index (Phi) is 4.93. The molecule has 0 bridgehead atoms. The van der Waals surface area contributed by atoms with Crippen LogP contribution in [-0.2, 0) is 14.6 Å². The van der Waals surface area contributed by atoms with Gasteiger partial charge in [-0.1, -0.05) is 6.07 Å². The van der Waals surface area contributed by atoms with Crippen LogP contribution in [0.2, 0.25) is 0 Å². The number of alkyl halides is 3. The number of nitro groups is 1. The topological polar surface area (TPSA) is 110 Å². The number of hydrogen-bond acceptors (Lipinski definition) is 6. The molecule has 0 aliphatic carbocycles. The lowest BCUT2D eigenvalue weighted by atomic mass is 10.2. The third kappa shape index (κ3) is 4.59. The molecule has 2 rings (SSSR count). The summed E-state index contributed by atoms with van der Waals surface area (Å²) in [6, 6.07) is 2.78. The number of nitrogens with one attached hydrogen (secondary N) is 1. The van der Waals surface area contributed by atoms with Gasteiger partial charge < -0.3 is 10.2 Å². The van der Waals surface area contributed by atoms with Crippen molar-refractivity contribution in [3.63, 3.8) is 0 Å². The van der Waals surface area contributed by atoms with Crippen molar-refractivity contribution in [3.8, 4) is 0 Å². The van der Waals surface area contributed by atoms with E-state index in [1.54, 1.807) is 0 Å². The van der Waals surface area contributed by atoms with Gasteiger partial charge in [0.25, 0.3) is 0 Å². The summed E-state index contributed by atoms with van der Waals surface area (Å²) < 4.78 is 60.6. The van der Waals surface area contributed by atoms with Crippen LogP contribution in [0, 0.1) is 10.1 Å². The van der Waals surface area contributed by atoms with E-state index >= 15 is 0 Å². The summed E-state index contributed by atoms with van der Waals surface area (Å²) in [4.78, 5) is 22.1. The summed E-state index contributed by atoms with van der Waals surface area (Å²) in [6.45, 7) is -1.70. The Bertz CT molecular complexity index is 810. The number of likely N-dealkylation sites (tertiary alicyclic amines) is 1. The molecule has 25 heavy (non-hydrogen) atoms. The van der Waals surface area contributed by atoms with E-state index in [0.717, 1.165) is 12.3 Å². The smallest absolute Gasteiger partial charge is 0.374 e. The van der Waals surface area contributed by atoms with Gasteiger partial charge in [0.15, 0.2) is 9.84 Å². The van der Waals surface area contributed by atoms with E-state index in [2.05, 4.69) is 5.32 Å². The van der Waals surface area contributed by atoms with Crippen molar-refractivity contribution in [2.75, 3.05) is 24.7 Å². The number of halogens is 3. The third-order valence-corrected chi connectivity index (χ3v) is 4.65. The Morgan fingerprint density at radius 1 is 1.40 bits per heavy atom. The van der Waals surface area contributed by atoms with Gasteiger partial charge in [-0.15, -0.1) is 0 Å². The van der Waals surface area contributed by atoms with E-state index < -0.39 is 50.0 Å². The number of carbonyl (C=O) groups excluding carboxylic acids is 1. The van der Waals surface area contributed by atoms with Gasteiger partial charge in [0.1, 0.15) is 17.1 Å². The predicted octanol–water partition coefficient (Wildman–Crippen LogP) is 1.57. The van der Waals surface area contributed by atoms with E-state index in [0.29, 0.717) is 4.90 Å². The Balaban J connectivity index is 2.27. The largest absolute Gasteiger partial charge is 0.406 e. The summed E-state index contributed by atoms with van der Waals surface area (Å²) in [5.41, 5.74) is -0.869. The zero-order valence-corrected chi connectivity index (χ0v) is 13.7. The molecular weight excluding hydrogens is 367 g/mol. The van der Waals surface area contributed by atoms with Gasteiger partial charge in [-0.3, -0.25) is 14.9 Å². The fourth-order valence-electron chi connectivity index (χ4n) is 2.58. The zero-order valence-electron chi connectivity index (χ0n) is 12.9. The maximum absolute atomic E-state index is 12.4. The summed E-state index contributed by atoms with van der Waals surface area (Å²) in [7, 11) is -3.89. The molecule has 12 heteroatoms. The van der Waals surface area contributed by atoms with Crippen LogP contribution in [0.5, 0.6) is 0 Å². The number of nitro benzene ring substituents is 1. The van der Waals surface area contributed by atoms with Crippen LogP contribution in [0.3, 0.4) is 0 Å². The molecule has 0 radical (unpaired) electrons. The molecule has 1 aromatic rings. The summed E-state index contributed by atoms with van der Waals surface area (Å²) in [6.07, 6.45) is -4.02. The monoisotopic (exact) mass is 381 g/mol. The first-order chi connectivity index (χ1) is 11.4. The Labute approximate surface area is 140 Å². The highest BCUT2D eigenvalue weighted by Crippen LogP contribution is 2.33. The first kappa shape index (κ1) is 19.0. The van der Waals surface area contributed by atoms with E-state index in [1.165, 1.54) is 12.1 Å². The Morgan fingerprint density at radius 2 is 2.04 bits per heavy atom. The van der Waals surface area contributed by atoms with Gasteiger partial charge in [0.2, 0.25) is 5.91 Å². The molecule has 1 amide bonds. The van der Waals surface area contributed by atoms with Gasteiger partial charge >= 0.3 is 11.9 Å². The summed E-state index contributed by atoms with van der Waals surface area (Å²) in [5, 5.41) is 13.9. The SMILES string of the molecule is CS(=O)(=O)c1cccc(NC2CC(=O)N(CC(F)(F)F)C2)c1[N+](=O)[O-]. The molecule has 0 spiro atoms. The molecule has 138 valence electrons. The second kappa shape index (κ2) is 6.50. The van der Waals surface area contributed by atoms with Gasteiger partial charge in [-0.25, -0.2) is 8.42 Å². The van der Waals surface area contributed by atoms with Crippen molar-refractivity contribution in [3.05, 3.63) is 28.3 Å². The Morgan fingerprint density at radius 3 is 2.56 bits per heavy atom. The van der Waals surface area contributed by atoms with Crippen molar-refractivity contribution >= 4 is 27.1 Å². The molecule has 0 aromatic heterocycles. The molecule has 1 saturated heterocycles. The average molecular weight is 381 g/mol. The quantitative estimate of drug-likeness (QED) is 0.613. The normalized spacial score (nSPS) is 18.5. The average Bonchev–Trinajstić information content (AvgIpc) is 2.75. The second-order valence-corrected chi connectivity index (χ2v) is 7.60. The minimum atomic E-state index is -4.55. The number of benzene rings is 1. The maximum Gasteiger partial charge on any atom is 0.406 e. The molecule has 1 N–H and O–H groups in total. The standard InChI is InChI=1S/C13H14F3N3O5S/c1-25(23,24)10-4-2-3-9(12(10)19(21)22)17-8-5-11(20)18(6-8)7-13(14,15)16/h2-4,8,17H,5-7H2,1H3. The van der Waals surface area contributed by atoms with Crippen LogP contribution in [0.1, 0.15) is 6.42 Å². The molecule has 0 saturated carbocycles. The van der Waals surface area contributed by atoms with Crippen molar-refractivity contribution in [2.24, 2.45) is 0 Å². The second-order valence-electron chi connectivity index (χ2n) is 5.62. The number of para-hydroxylation sites is 1. The lowest BCUT2D eigenvalue weighted by Crippen LogP contribution is -2.36. The molecule has 1 aliphatic heterocycles. The number of carbonyl (C=O) groups is 1. The molecule has 1 heterocycles. The molecule has 1 unspecified atom stereocenters. The zero-order chi connectivity index (χ0) is 19.0. The lowest BCUT2D eigenvalue weighted by molar-refractivity contribution is -0.386. The number of amides is 1. The predicted molar refractivity (Wildman–Crippen MR) is 80.9 cm³/mol. The van der Waals surface area contributed by atoms with E-state index in [9.17, 15) is 36.5 Å². The fourth-order valence-corrected chi connectivity index (χ4v) is 3.45. The van der Waals surface area contributed by atoms with E-state index in [4.69, 9.17) is 0 Å². The van der Waals surface area contributed by atoms with Gasteiger partial charge in [-0.2, -0.15) is 13.2 Å². The van der Waals surface area contributed by atoms with Gasteiger partial charge in [0, 0.05) is 19.2 Å². The maximum atomic E-state index is 12.4. The van der Waals surface area contributed by atoms with Gasteiger partial charge in [-0.05, 0) is 12.1 Å². The number of hydrogen-bond donors (Lipinski definition) is 1. The van der Waals surface area contributed by atoms with Crippen LogP contribution in [0.25, 0.3) is 0 Å². The van der Waals surface area contributed by atoms with Gasteiger partial charge in [0.05, 0.1) is 11.0 Å². The molecule has 1 fully saturated rings. The summed E-state index contributed by atoms with van der Waals surface area (Å²) >= 11 is 0. The van der Waals surface area contributed by atoms with Crippen LogP contribution >= 0.6 is 0 Å². The molecule has 8 nitrogen and oxygen atoms in total. The van der Waals surface area contributed by atoms with Crippen LogP contribution in [-0.4, -0.2) is 55.7 Å². The first-order valence-corrected chi connectivity index (χ1v) is 8.86. The third-order valence-electron chi connectivity index (χ3n) is 3.53. The van der Waals surface area contributed by atoms with Crippen molar-refractivity contribution in [1.82, 2.24) is 4.90 Å². The number of rotatable bonds is 5. The highest BCUT2D eigenvalue weighted by Gasteiger charge is 2.39. The Hall–Kier alpha value is -2.37. The van der Waals surface area contributed by atoms with E-state index in [1.807, 2.05) is 0 Å². The lowest BCUT2D eigenvalue weighted by Gasteiger charge is -2.19. The first-order valence-electron chi connectivity index (χ1n) is 6.97. The highest BCUT2D eigenvalue weighted by atomic mass is 32.2. The van der Waals surface area contributed by atoms with Crippen LogP contribution < -0.4 is 5.32 Å². The minimum Gasteiger partial charge on any atom is -0.374 e. The van der Waals surface area contributed by atoms with Crippen molar-refractivity contribution in [2.45, 2.75) is 23.5 Å². The fraction of sp³-hybridized carbons (Fsp3) is 0.462. The molecule has 1 aromatic carbocycles. The van der Waals surface area contributed by atoms with Crippen LogP contribution in [0.15, 0.2) is 23.1 Å².